The van der Waals surface area contributed by atoms with Gasteiger partial charge in [-0.2, -0.15) is 5.26 Å². The first-order chi connectivity index (χ1) is 9.74. The summed E-state index contributed by atoms with van der Waals surface area (Å²) in [5.41, 5.74) is 8.12. The van der Waals surface area contributed by atoms with Crippen molar-refractivity contribution in [3.8, 4) is 11.8 Å². The van der Waals surface area contributed by atoms with E-state index in [9.17, 15) is 5.26 Å². The second kappa shape index (κ2) is 5.43. The van der Waals surface area contributed by atoms with E-state index in [4.69, 9.17) is 10.5 Å². The molecule has 1 aliphatic heterocycles. The molecule has 0 aromatic heterocycles. The molecule has 106 valence electrons. The maximum atomic E-state index is 9.25. The number of likely N-dealkylation sites (tertiary alicyclic amines) is 1. The lowest BCUT2D eigenvalue weighted by atomic mass is 9.90. The number of methoxy groups -OCH3 is 1. The average Bonchev–Trinajstić information content (AvgIpc) is 3.31. The van der Waals surface area contributed by atoms with E-state index in [-0.39, 0.29) is 12.1 Å². The summed E-state index contributed by atoms with van der Waals surface area (Å²) in [5.74, 6) is 0.638. The highest BCUT2D eigenvalue weighted by molar-refractivity contribution is 5.46. The Bertz CT molecular complexity index is 533. The number of ether oxygens (including phenoxy) is 1. The number of nitrogens with two attached hydrogens (primary N) is 1. The maximum absolute atomic E-state index is 9.25. The summed E-state index contributed by atoms with van der Waals surface area (Å²) in [5, 5.41) is 9.25. The van der Waals surface area contributed by atoms with Crippen LogP contribution in [0.1, 0.15) is 42.9 Å². The molecule has 4 heteroatoms. The first-order valence-electron chi connectivity index (χ1n) is 7.34. The van der Waals surface area contributed by atoms with Gasteiger partial charge < -0.3 is 10.5 Å². The molecule has 2 unspecified atom stereocenters. The average molecular weight is 271 g/mol. The minimum absolute atomic E-state index is 0.157. The zero-order chi connectivity index (χ0) is 14.1. The normalized spacial score (nSPS) is 27.1. The molecule has 0 radical (unpaired) electrons. The summed E-state index contributed by atoms with van der Waals surface area (Å²) in [6.07, 6.45) is 4.80. The molecule has 20 heavy (non-hydrogen) atoms. The van der Waals surface area contributed by atoms with Crippen molar-refractivity contribution in [2.24, 2.45) is 5.73 Å². The zero-order valence-electron chi connectivity index (χ0n) is 11.9. The minimum Gasteiger partial charge on any atom is -0.495 e. The van der Waals surface area contributed by atoms with Crippen LogP contribution in [0.4, 0.5) is 0 Å². The minimum atomic E-state index is 0.157. The van der Waals surface area contributed by atoms with Crippen molar-refractivity contribution in [2.75, 3.05) is 13.7 Å². The Morgan fingerprint density at radius 1 is 1.35 bits per heavy atom. The number of piperidine rings is 1. The third kappa shape index (κ3) is 2.39. The van der Waals surface area contributed by atoms with Crippen LogP contribution in [-0.2, 0) is 0 Å². The molecule has 3 rings (SSSR count). The van der Waals surface area contributed by atoms with Crippen LogP contribution >= 0.6 is 0 Å². The second-order valence-corrected chi connectivity index (χ2v) is 5.79. The summed E-state index contributed by atoms with van der Waals surface area (Å²) >= 11 is 0. The van der Waals surface area contributed by atoms with Crippen LogP contribution in [0.25, 0.3) is 0 Å². The Hall–Kier alpha value is -1.57. The van der Waals surface area contributed by atoms with Crippen LogP contribution in [0.5, 0.6) is 5.75 Å². The van der Waals surface area contributed by atoms with E-state index >= 15 is 0 Å². The first kappa shape index (κ1) is 13.4. The Balaban J connectivity index is 1.94. The Labute approximate surface area is 120 Å². The molecule has 0 bridgehead atoms. The highest BCUT2D eigenvalue weighted by Gasteiger charge is 2.39. The molecule has 1 aromatic carbocycles. The number of benzene rings is 1. The molecular weight excluding hydrogens is 250 g/mol. The molecule has 2 atom stereocenters. The predicted octanol–water partition coefficient (Wildman–Crippen LogP) is 2.19. The lowest BCUT2D eigenvalue weighted by molar-refractivity contribution is 0.120. The molecular formula is C16H21N3O. The number of rotatable bonds is 3. The number of nitrogens with zero attached hydrogens (tertiary/aromatic N) is 2. The molecule has 2 fully saturated rings. The Morgan fingerprint density at radius 3 is 2.80 bits per heavy atom. The molecule has 1 saturated heterocycles. The van der Waals surface area contributed by atoms with Gasteiger partial charge in [-0.15, -0.1) is 0 Å². The van der Waals surface area contributed by atoms with Crippen molar-refractivity contribution in [1.29, 1.82) is 5.26 Å². The van der Waals surface area contributed by atoms with Crippen molar-refractivity contribution < 1.29 is 4.74 Å². The smallest absolute Gasteiger partial charge is 0.136 e. The Morgan fingerprint density at radius 2 is 2.15 bits per heavy atom. The van der Waals surface area contributed by atoms with Gasteiger partial charge in [-0.05, 0) is 49.9 Å². The fourth-order valence-corrected chi connectivity index (χ4v) is 3.30. The lowest BCUT2D eigenvalue weighted by Crippen LogP contribution is -2.46. The van der Waals surface area contributed by atoms with Crippen molar-refractivity contribution >= 4 is 0 Å². The third-order valence-corrected chi connectivity index (χ3v) is 4.42. The number of hydrogen-bond acceptors (Lipinski definition) is 4. The van der Waals surface area contributed by atoms with Crippen LogP contribution in [0.2, 0.25) is 0 Å². The molecule has 1 aliphatic carbocycles. The summed E-state index contributed by atoms with van der Waals surface area (Å²) in [7, 11) is 1.60. The van der Waals surface area contributed by atoms with Gasteiger partial charge >= 0.3 is 0 Å². The quantitative estimate of drug-likeness (QED) is 0.915. The number of hydrogen-bond donors (Lipinski definition) is 1. The SMILES string of the molecule is COc1ccc(C2C(N)CCCN2C2CC2)cc1C#N. The summed E-state index contributed by atoms with van der Waals surface area (Å²) in [6, 6.07) is 9.21. The molecule has 0 spiro atoms. The van der Waals surface area contributed by atoms with E-state index < -0.39 is 0 Å². The predicted molar refractivity (Wildman–Crippen MR) is 77.4 cm³/mol. The van der Waals surface area contributed by atoms with Gasteiger partial charge in [0.2, 0.25) is 0 Å². The van der Waals surface area contributed by atoms with Crippen molar-refractivity contribution in [3.05, 3.63) is 29.3 Å². The van der Waals surface area contributed by atoms with Gasteiger partial charge in [0.1, 0.15) is 11.8 Å². The molecule has 4 nitrogen and oxygen atoms in total. The monoisotopic (exact) mass is 271 g/mol. The topological polar surface area (TPSA) is 62.3 Å². The third-order valence-electron chi connectivity index (χ3n) is 4.42. The fourth-order valence-electron chi connectivity index (χ4n) is 3.30. The van der Waals surface area contributed by atoms with Gasteiger partial charge in [0.15, 0.2) is 0 Å². The first-order valence-corrected chi connectivity index (χ1v) is 7.34. The molecule has 0 amide bonds. The van der Waals surface area contributed by atoms with Crippen LogP contribution < -0.4 is 10.5 Å². The van der Waals surface area contributed by atoms with E-state index in [1.165, 1.54) is 19.3 Å². The van der Waals surface area contributed by atoms with Crippen molar-refractivity contribution in [3.63, 3.8) is 0 Å². The van der Waals surface area contributed by atoms with Crippen molar-refractivity contribution in [2.45, 2.75) is 43.8 Å². The highest BCUT2D eigenvalue weighted by atomic mass is 16.5. The van der Waals surface area contributed by atoms with E-state index in [1.807, 2.05) is 12.1 Å². The summed E-state index contributed by atoms with van der Waals surface area (Å²) < 4.78 is 5.22. The fraction of sp³-hybridized carbons (Fsp3) is 0.562. The number of nitriles is 1. The molecule has 1 aromatic rings. The van der Waals surface area contributed by atoms with E-state index in [2.05, 4.69) is 17.0 Å². The second-order valence-electron chi connectivity index (χ2n) is 5.79. The molecule has 2 N–H and O–H groups in total. The van der Waals surface area contributed by atoms with Gasteiger partial charge in [-0.25, -0.2) is 0 Å². The lowest BCUT2D eigenvalue weighted by Gasteiger charge is -2.40. The van der Waals surface area contributed by atoms with E-state index in [0.29, 0.717) is 17.4 Å². The van der Waals surface area contributed by atoms with E-state index in [1.54, 1.807) is 7.11 Å². The maximum Gasteiger partial charge on any atom is 0.136 e. The van der Waals surface area contributed by atoms with Crippen LogP contribution in [0, 0.1) is 11.3 Å². The van der Waals surface area contributed by atoms with Crippen LogP contribution in [0.3, 0.4) is 0 Å². The van der Waals surface area contributed by atoms with Crippen LogP contribution in [-0.4, -0.2) is 30.6 Å². The Kier molecular flexibility index (Phi) is 3.64. The van der Waals surface area contributed by atoms with Gasteiger partial charge in [0.25, 0.3) is 0 Å². The van der Waals surface area contributed by atoms with Crippen molar-refractivity contribution in [1.82, 2.24) is 4.90 Å². The highest BCUT2D eigenvalue weighted by Crippen LogP contribution is 2.40. The zero-order valence-corrected chi connectivity index (χ0v) is 11.9. The standard InChI is InChI=1S/C16H21N3O/c1-20-15-7-4-11(9-12(15)10-17)16-14(18)3-2-8-19(16)13-5-6-13/h4,7,9,13-14,16H,2-3,5-6,8,18H2,1H3. The van der Waals surface area contributed by atoms with Gasteiger partial charge in [-0.3, -0.25) is 4.90 Å². The van der Waals surface area contributed by atoms with E-state index in [0.717, 1.165) is 18.5 Å². The molecule has 1 saturated carbocycles. The molecule has 2 aliphatic rings. The largest absolute Gasteiger partial charge is 0.495 e. The summed E-state index contributed by atoms with van der Waals surface area (Å²) in [6.45, 7) is 1.12. The van der Waals surface area contributed by atoms with Crippen LogP contribution in [0.15, 0.2) is 18.2 Å². The molecule has 1 heterocycles. The van der Waals surface area contributed by atoms with Gasteiger partial charge in [-0.1, -0.05) is 6.07 Å². The van der Waals surface area contributed by atoms with Gasteiger partial charge in [0, 0.05) is 12.1 Å². The van der Waals surface area contributed by atoms with Gasteiger partial charge in [0.05, 0.1) is 18.7 Å². The summed E-state index contributed by atoms with van der Waals surface area (Å²) in [4.78, 5) is 2.54.